The fourth-order valence-electron chi connectivity index (χ4n) is 2.79. The number of carbonyl (C=O) groups is 2. The summed E-state index contributed by atoms with van der Waals surface area (Å²) in [6.45, 7) is 2.45. The fourth-order valence-corrected chi connectivity index (χ4v) is 4.80. The molecule has 0 radical (unpaired) electrons. The zero-order chi connectivity index (χ0) is 17.0. The lowest BCUT2D eigenvalue weighted by molar-refractivity contribution is 0.0950. The van der Waals surface area contributed by atoms with Crippen LogP contribution in [0.2, 0.25) is 0 Å². The first kappa shape index (κ1) is 18.1. The molecule has 0 saturated carbocycles. The normalized spacial score (nSPS) is 19.5. The fraction of sp³-hybridized carbons (Fsp3) is 0.600. The monoisotopic (exact) mass is 358 g/mol. The van der Waals surface area contributed by atoms with E-state index in [0.717, 1.165) is 19.3 Å². The van der Waals surface area contributed by atoms with E-state index in [9.17, 15) is 18.0 Å². The number of carbonyl (C=O) groups excluding carboxylic acids is 2. The number of sulfonamides is 1. The highest BCUT2D eigenvalue weighted by Gasteiger charge is 2.28. The van der Waals surface area contributed by atoms with Gasteiger partial charge in [-0.3, -0.25) is 9.59 Å². The molecule has 0 aliphatic carbocycles. The quantitative estimate of drug-likeness (QED) is 0.787. The molecule has 23 heavy (non-hydrogen) atoms. The molecule has 1 unspecified atom stereocenters. The molecule has 1 atom stereocenters. The molecular formula is C15H22N2O4S2. The summed E-state index contributed by atoms with van der Waals surface area (Å²) in [6.07, 6.45) is 4.56. The van der Waals surface area contributed by atoms with Crippen molar-refractivity contribution in [2.45, 2.75) is 38.6 Å². The van der Waals surface area contributed by atoms with E-state index >= 15 is 0 Å². The van der Waals surface area contributed by atoms with Crippen LogP contribution in [-0.4, -0.2) is 49.8 Å². The van der Waals surface area contributed by atoms with Crippen LogP contribution in [0.15, 0.2) is 11.4 Å². The maximum Gasteiger partial charge on any atom is 0.252 e. The summed E-state index contributed by atoms with van der Waals surface area (Å²) in [4.78, 5) is 23.9. The Balaban J connectivity index is 1.87. The molecule has 8 heteroatoms. The predicted molar refractivity (Wildman–Crippen MR) is 90.5 cm³/mol. The molecule has 1 amide bonds. The third kappa shape index (κ3) is 4.86. The van der Waals surface area contributed by atoms with E-state index in [2.05, 4.69) is 5.32 Å². The van der Waals surface area contributed by atoms with Gasteiger partial charge in [-0.2, -0.15) is 4.31 Å². The number of hydrogen-bond acceptors (Lipinski definition) is 5. The number of amides is 1. The number of Topliss-reactive ketones (excluding diaryl/α,β-unsaturated/α-hetero) is 1. The summed E-state index contributed by atoms with van der Waals surface area (Å²) in [7, 11) is -3.20. The van der Waals surface area contributed by atoms with E-state index in [1.54, 1.807) is 15.8 Å². The highest BCUT2D eigenvalue weighted by molar-refractivity contribution is 7.88. The van der Waals surface area contributed by atoms with E-state index < -0.39 is 10.0 Å². The molecule has 1 fully saturated rings. The Morgan fingerprint density at radius 3 is 2.74 bits per heavy atom. The largest absolute Gasteiger partial charge is 0.352 e. The average molecular weight is 358 g/mol. The van der Waals surface area contributed by atoms with Gasteiger partial charge in [0.15, 0.2) is 5.78 Å². The summed E-state index contributed by atoms with van der Waals surface area (Å²) in [5, 5.41) is 4.47. The highest BCUT2D eigenvalue weighted by atomic mass is 32.2. The second kappa shape index (κ2) is 7.55. The molecule has 1 saturated heterocycles. The first-order valence-electron chi connectivity index (χ1n) is 7.63. The number of hydrogen-bond donors (Lipinski definition) is 1. The minimum atomic E-state index is -3.20. The Kier molecular flexibility index (Phi) is 5.94. The first-order valence-corrected chi connectivity index (χ1v) is 10.4. The van der Waals surface area contributed by atoms with Gasteiger partial charge >= 0.3 is 0 Å². The number of thiophene rings is 1. The van der Waals surface area contributed by atoms with E-state index in [-0.39, 0.29) is 17.7 Å². The van der Waals surface area contributed by atoms with Gasteiger partial charge in [0.05, 0.1) is 16.7 Å². The molecule has 1 aliphatic heterocycles. The lowest BCUT2D eigenvalue weighted by atomic mass is 10.0. The van der Waals surface area contributed by atoms with Crippen LogP contribution in [0.5, 0.6) is 0 Å². The molecule has 0 aromatic carbocycles. The van der Waals surface area contributed by atoms with Crippen LogP contribution < -0.4 is 5.32 Å². The van der Waals surface area contributed by atoms with Crippen LogP contribution in [0.25, 0.3) is 0 Å². The van der Waals surface area contributed by atoms with Gasteiger partial charge in [0.1, 0.15) is 0 Å². The van der Waals surface area contributed by atoms with Gasteiger partial charge < -0.3 is 5.32 Å². The van der Waals surface area contributed by atoms with E-state index in [1.807, 2.05) is 0 Å². The van der Waals surface area contributed by atoms with Gasteiger partial charge in [0.2, 0.25) is 10.0 Å². The highest BCUT2D eigenvalue weighted by Crippen LogP contribution is 2.22. The molecule has 1 aromatic rings. The topological polar surface area (TPSA) is 83.6 Å². The minimum absolute atomic E-state index is 0.0469. The third-order valence-electron chi connectivity index (χ3n) is 3.97. The second-order valence-electron chi connectivity index (χ2n) is 5.82. The molecule has 0 bridgehead atoms. The molecule has 128 valence electrons. The van der Waals surface area contributed by atoms with Crippen molar-refractivity contribution in [1.82, 2.24) is 9.62 Å². The summed E-state index contributed by atoms with van der Waals surface area (Å²) in [5.74, 6) is -0.282. The van der Waals surface area contributed by atoms with Crippen molar-refractivity contribution >= 4 is 33.1 Å². The third-order valence-corrected chi connectivity index (χ3v) is 6.33. The van der Waals surface area contributed by atoms with Crippen molar-refractivity contribution < 1.29 is 18.0 Å². The molecule has 0 spiro atoms. The van der Waals surface area contributed by atoms with Gasteiger partial charge in [-0.1, -0.05) is 6.42 Å². The number of ketones is 1. The van der Waals surface area contributed by atoms with Crippen LogP contribution in [0, 0.1) is 0 Å². The van der Waals surface area contributed by atoms with Gasteiger partial charge in [-0.25, -0.2) is 8.42 Å². The SMILES string of the molecule is CC(=O)c1cc(C(=O)NCCC2CCCCN2S(C)(=O)=O)cs1. The van der Waals surface area contributed by atoms with Crippen molar-refractivity contribution in [2.24, 2.45) is 0 Å². The Bertz CT molecular complexity index is 681. The second-order valence-corrected chi connectivity index (χ2v) is 8.67. The Morgan fingerprint density at radius 1 is 1.39 bits per heavy atom. The lowest BCUT2D eigenvalue weighted by Crippen LogP contribution is -2.44. The van der Waals surface area contributed by atoms with E-state index in [0.29, 0.717) is 30.0 Å². The number of rotatable bonds is 6. The number of nitrogens with one attached hydrogen (secondary N) is 1. The van der Waals surface area contributed by atoms with Crippen molar-refractivity contribution in [1.29, 1.82) is 0 Å². The van der Waals surface area contributed by atoms with Gasteiger partial charge in [0.25, 0.3) is 5.91 Å². The Hall–Kier alpha value is -1.25. The van der Waals surface area contributed by atoms with E-state index in [1.165, 1.54) is 24.5 Å². The number of nitrogens with zero attached hydrogens (tertiary/aromatic N) is 1. The maximum atomic E-state index is 12.1. The Labute approximate surface area is 140 Å². The first-order chi connectivity index (χ1) is 10.8. The zero-order valence-electron chi connectivity index (χ0n) is 13.4. The van der Waals surface area contributed by atoms with Crippen molar-refractivity contribution in [3.63, 3.8) is 0 Å². The zero-order valence-corrected chi connectivity index (χ0v) is 15.0. The van der Waals surface area contributed by atoms with Crippen LogP contribution in [-0.2, 0) is 10.0 Å². The molecule has 2 rings (SSSR count). The Morgan fingerprint density at radius 2 is 2.13 bits per heavy atom. The van der Waals surface area contributed by atoms with Gasteiger partial charge in [-0.15, -0.1) is 11.3 Å². The van der Waals surface area contributed by atoms with Gasteiger partial charge in [-0.05, 0) is 32.3 Å². The van der Waals surface area contributed by atoms with Crippen LogP contribution >= 0.6 is 11.3 Å². The molecular weight excluding hydrogens is 336 g/mol. The predicted octanol–water partition coefficient (Wildman–Crippen LogP) is 1.88. The number of piperidine rings is 1. The molecule has 6 nitrogen and oxygen atoms in total. The summed E-state index contributed by atoms with van der Waals surface area (Å²) >= 11 is 1.25. The average Bonchev–Trinajstić information content (AvgIpc) is 2.96. The smallest absolute Gasteiger partial charge is 0.252 e. The molecule has 2 heterocycles. The van der Waals surface area contributed by atoms with Crippen molar-refractivity contribution in [3.8, 4) is 0 Å². The lowest BCUT2D eigenvalue weighted by Gasteiger charge is -2.33. The van der Waals surface area contributed by atoms with Crippen LogP contribution in [0.4, 0.5) is 0 Å². The maximum absolute atomic E-state index is 12.1. The van der Waals surface area contributed by atoms with E-state index in [4.69, 9.17) is 0 Å². The van der Waals surface area contributed by atoms with Crippen molar-refractivity contribution in [2.75, 3.05) is 19.3 Å². The van der Waals surface area contributed by atoms with Crippen LogP contribution in [0.1, 0.15) is 52.6 Å². The summed E-state index contributed by atoms with van der Waals surface area (Å²) in [6, 6.07) is 1.54. The standard InChI is InChI=1S/C15H22N2O4S2/c1-11(18)14-9-12(10-22-14)15(19)16-7-6-13-5-3-4-8-17(13)23(2,20)21/h9-10,13H,3-8H2,1-2H3,(H,16,19). The van der Waals surface area contributed by atoms with Gasteiger partial charge in [0, 0.05) is 24.5 Å². The van der Waals surface area contributed by atoms with Crippen LogP contribution in [0.3, 0.4) is 0 Å². The van der Waals surface area contributed by atoms with Crippen molar-refractivity contribution in [3.05, 3.63) is 21.9 Å². The molecule has 1 aromatic heterocycles. The molecule has 1 N–H and O–H groups in total. The minimum Gasteiger partial charge on any atom is -0.352 e. The molecule has 1 aliphatic rings. The summed E-state index contributed by atoms with van der Waals surface area (Å²) < 4.78 is 25.1. The summed E-state index contributed by atoms with van der Waals surface area (Å²) in [5.41, 5.74) is 0.476.